The summed E-state index contributed by atoms with van der Waals surface area (Å²) in [6.07, 6.45) is 2.91. The molecule has 0 unspecified atom stereocenters. The Bertz CT molecular complexity index is 693. The Balaban J connectivity index is 1.73. The van der Waals surface area contributed by atoms with Crippen LogP contribution in [0.1, 0.15) is 23.3 Å². The van der Waals surface area contributed by atoms with Gasteiger partial charge in [-0.05, 0) is 37.1 Å². The third kappa shape index (κ3) is 3.32. The first-order valence-electron chi connectivity index (χ1n) is 7.85. The molecule has 128 valence electrons. The second kappa shape index (κ2) is 7.11. The third-order valence-electron chi connectivity index (χ3n) is 4.43. The number of carbonyl (C=O) groups is 1. The first-order chi connectivity index (χ1) is 11.6. The Morgan fingerprint density at radius 2 is 2.00 bits per heavy atom. The van der Waals surface area contributed by atoms with E-state index in [9.17, 15) is 9.18 Å². The minimum Gasteiger partial charge on any atom is -0.443 e. The van der Waals surface area contributed by atoms with Crippen LogP contribution in [0.4, 0.5) is 4.39 Å². The highest BCUT2D eigenvalue weighted by Gasteiger charge is 2.29. The minimum absolute atomic E-state index is 0.165. The van der Waals surface area contributed by atoms with Gasteiger partial charge in [0.2, 0.25) is 0 Å². The first kappa shape index (κ1) is 16.6. The molecule has 1 saturated heterocycles. The molecule has 0 spiro atoms. The number of amides is 1. The predicted molar refractivity (Wildman–Crippen MR) is 85.6 cm³/mol. The van der Waals surface area contributed by atoms with E-state index >= 15 is 0 Å². The molecule has 6 nitrogen and oxygen atoms in total. The summed E-state index contributed by atoms with van der Waals surface area (Å²) in [7, 11) is 3.54. The second-order valence-corrected chi connectivity index (χ2v) is 5.79. The molecule has 1 aromatic carbocycles. The molecular formula is C17H20FN3O3. The molecule has 1 amide bonds. The summed E-state index contributed by atoms with van der Waals surface area (Å²) in [5.41, 5.74) is 0.895. The Hall–Kier alpha value is -2.25. The lowest BCUT2D eigenvalue weighted by molar-refractivity contribution is -0.149. The number of piperidine rings is 1. The summed E-state index contributed by atoms with van der Waals surface area (Å²) in [5, 5.41) is 1.82. The Labute approximate surface area is 139 Å². The van der Waals surface area contributed by atoms with Crippen LogP contribution in [0.15, 0.2) is 35.1 Å². The van der Waals surface area contributed by atoms with Gasteiger partial charge in [0.25, 0.3) is 5.91 Å². The van der Waals surface area contributed by atoms with Gasteiger partial charge in [-0.15, -0.1) is 0 Å². The van der Waals surface area contributed by atoms with Crippen LogP contribution in [0.2, 0.25) is 0 Å². The summed E-state index contributed by atoms with van der Waals surface area (Å²) in [5.74, 6) is -0.131. The normalized spacial score (nSPS) is 15.9. The Kier molecular flexibility index (Phi) is 4.92. The molecule has 2 aromatic rings. The largest absolute Gasteiger partial charge is 0.443 e. The van der Waals surface area contributed by atoms with Gasteiger partial charge in [-0.1, -0.05) is 0 Å². The zero-order valence-corrected chi connectivity index (χ0v) is 13.7. The quantitative estimate of drug-likeness (QED) is 0.805. The average Bonchev–Trinajstić information content (AvgIpc) is 3.11. The van der Waals surface area contributed by atoms with Crippen molar-refractivity contribution in [3.63, 3.8) is 0 Å². The van der Waals surface area contributed by atoms with Crippen LogP contribution in [0.25, 0.3) is 11.3 Å². The predicted octanol–water partition coefficient (Wildman–Crippen LogP) is 2.58. The van der Waals surface area contributed by atoms with Gasteiger partial charge < -0.3 is 14.2 Å². The molecule has 1 aliphatic heterocycles. The van der Waals surface area contributed by atoms with Crippen LogP contribution in [0.5, 0.6) is 0 Å². The lowest BCUT2D eigenvalue weighted by Crippen LogP contribution is -2.45. The van der Waals surface area contributed by atoms with E-state index in [1.54, 1.807) is 24.1 Å². The second-order valence-electron chi connectivity index (χ2n) is 5.79. The molecule has 1 aliphatic rings. The average molecular weight is 333 g/mol. The number of hydrogen-bond acceptors (Lipinski definition) is 5. The standard InChI is InChI=1S/C17H20FN3O3/c1-20(23-2)14-7-9-21(10-8-14)17(22)15-16(24-11-19-15)12-3-5-13(18)6-4-12/h3-6,11,14H,7-10H2,1-2H3. The number of rotatable bonds is 4. The van der Waals surface area contributed by atoms with Gasteiger partial charge in [-0.2, -0.15) is 5.06 Å². The fourth-order valence-corrected chi connectivity index (χ4v) is 2.94. The lowest BCUT2D eigenvalue weighted by Gasteiger charge is -2.35. The fourth-order valence-electron chi connectivity index (χ4n) is 2.94. The summed E-state index contributed by atoms with van der Waals surface area (Å²) in [6, 6.07) is 6.11. The number of hydroxylamine groups is 2. The SMILES string of the molecule is CON(C)C1CCN(C(=O)c2ncoc2-c2ccc(F)cc2)CC1. The number of aromatic nitrogens is 1. The van der Waals surface area contributed by atoms with E-state index in [4.69, 9.17) is 9.25 Å². The van der Waals surface area contributed by atoms with Crippen LogP contribution in [-0.4, -0.2) is 54.1 Å². The highest BCUT2D eigenvalue weighted by atomic mass is 19.1. The number of carbonyl (C=O) groups excluding carboxylic acids is 1. The van der Waals surface area contributed by atoms with Crippen molar-refractivity contribution in [1.29, 1.82) is 0 Å². The monoisotopic (exact) mass is 333 g/mol. The number of benzene rings is 1. The van der Waals surface area contributed by atoms with Gasteiger partial charge in [-0.3, -0.25) is 4.79 Å². The molecule has 0 radical (unpaired) electrons. The van der Waals surface area contributed by atoms with Crippen molar-refractivity contribution in [2.75, 3.05) is 27.2 Å². The fraction of sp³-hybridized carbons (Fsp3) is 0.412. The van der Waals surface area contributed by atoms with Gasteiger partial charge in [0.1, 0.15) is 5.82 Å². The van der Waals surface area contributed by atoms with Crippen molar-refractivity contribution >= 4 is 5.91 Å². The molecule has 1 fully saturated rings. The van der Waals surface area contributed by atoms with E-state index in [-0.39, 0.29) is 17.4 Å². The van der Waals surface area contributed by atoms with Crippen LogP contribution in [0, 0.1) is 5.82 Å². The van der Waals surface area contributed by atoms with Crippen molar-refractivity contribution in [3.05, 3.63) is 42.2 Å². The van der Waals surface area contributed by atoms with Gasteiger partial charge in [-0.25, -0.2) is 9.37 Å². The highest BCUT2D eigenvalue weighted by Crippen LogP contribution is 2.26. The number of likely N-dealkylation sites (tertiary alicyclic amines) is 1. The molecule has 0 saturated carbocycles. The van der Waals surface area contributed by atoms with Crippen molar-refractivity contribution < 1.29 is 18.4 Å². The summed E-state index contributed by atoms with van der Waals surface area (Å²) in [6.45, 7) is 1.26. The maximum absolute atomic E-state index is 13.1. The van der Waals surface area contributed by atoms with E-state index in [0.29, 0.717) is 30.5 Å². The Morgan fingerprint density at radius 1 is 1.33 bits per heavy atom. The van der Waals surface area contributed by atoms with E-state index in [0.717, 1.165) is 12.8 Å². The van der Waals surface area contributed by atoms with E-state index in [1.807, 2.05) is 12.1 Å². The Morgan fingerprint density at radius 3 is 2.62 bits per heavy atom. The maximum Gasteiger partial charge on any atom is 0.276 e. The lowest BCUT2D eigenvalue weighted by atomic mass is 10.0. The topological polar surface area (TPSA) is 58.8 Å². The van der Waals surface area contributed by atoms with Crippen LogP contribution < -0.4 is 0 Å². The maximum atomic E-state index is 13.1. The van der Waals surface area contributed by atoms with E-state index in [1.165, 1.54) is 18.5 Å². The molecule has 2 heterocycles. The van der Waals surface area contributed by atoms with Crippen LogP contribution >= 0.6 is 0 Å². The van der Waals surface area contributed by atoms with Crippen molar-refractivity contribution in [1.82, 2.24) is 14.9 Å². The number of oxazole rings is 1. The number of halogens is 1. The molecular weight excluding hydrogens is 313 g/mol. The van der Waals surface area contributed by atoms with Gasteiger partial charge >= 0.3 is 0 Å². The molecule has 1 aromatic heterocycles. The summed E-state index contributed by atoms with van der Waals surface area (Å²) in [4.78, 5) is 23.8. The molecule has 3 rings (SSSR count). The summed E-state index contributed by atoms with van der Waals surface area (Å²) >= 11 is 0. The van der Waals surface area contributed by atoms with E-state index < -0.39 is 0 Å². The van der Waals surface area contributed by atoms with Crippen LogP contribution in [-0.2, 0) is 4.84 Å². The van der Waals surface area contributed by atoms with Gasteiger partial charge in [0.05, 0.1) is 7.11 Å². The van der Waals surface area contributed by atoms with Crippen molar-refractivity contribution in [2.45, 2.75) is 18.9 Å². The molecule has 0 N–H and O–H groups in total. The zero-order valence-electron chi connectivity index (χ0n) is 13.7. The molecule has 24 heavy (non-hydrogen) atoms. The highest BCUT2D eigenvalue weighted by molar-refractivity contribution is 5.97. The molecule has 0 bridgehead atoms. The molecule has 7 heteroatoms. The third-order valence-corrected chi connectivity index (χ3v) is 4.43. The van der Waals surface area contributed by atoms with Crippen molar-refractivity contribution in [2.24, 2.45) is 0 Å². The summed E-state index contributed by atoms with van der Waals surface area (Å²) < 4.78 is 18.4. The van der Waals surface area contributed by atoms with Crippen molar-refractivity contribution in [3.8, 4) is 11.3 Å². The zero-order chi connectivity index (χ0) is 17.1. The molecule has 0 atom stereocenters. The smallest absolute Gasteiger partial charge is 0.276 e. The number of hydrogen-bond donors (Lipinski definition) is 0. The number of nitrogens with zero attached hydrogens (tertiary/aromatic N) is 3. The van der Waals surface area contributed by atoms with Gasteiger partial charge in [0, 0.05) is 31.7 Å². The first-order valence-corrected chi connectivity index (χ1v) is 7.85. The van der Waals surface area contributed by atoms with E-state index in [2.05, 4.69) is 4.98 Å². The van der Waals surface area contributed by atoms with Crippen LogP contribution in [0.3, 0.4) is 0 Å². The minimum atomic E-state index is -0.338. The van der Waals surface area contributed by atoms with Gasteiger partial charge in [0.15, 0.2) is 17.8 Å². The molecule has 0 aliphatic carbocycles.